The van der Waals surface area contributed by atoms with Crippen LogP contribution in [0.5, 0.6) is 0 Å². The minimum absolute atomic E-state index is 0.233. The Morgan fingerprint density at radius 3 is 2.30 bits per heavy atom. The molecule has 0 aliphatic carbocycles. The third-order valence-electron chi connectivity index (χ3n) is 2.78. The molecule has 0 saturated carbocycles. The molecule has 1 aromatic carbocycles. The number of sulfonamides is 1. The van der Waals surface area contributed by atoms with E-state index >= 15 is 0 Å². The van der Waals surface area contributed by atoms with Crippen LogP contribution >= 0.6 is 11.6 Å². The Balaban J connectivity index is 2.33. The highest BCUT2D eigenvalue weighted by Gasteiger charge is 2.17. The van der Waals surface area contributed by atoms with Crippen LogP contribution < -0.4 is 0 Å². The number of alkyl halides is 1. The van der Waals surface area contributed by atoms with Crippen LogP contribution in [-0.4, -0.2) is 31.8 Å². The smallest absolute Gasteiger partial charge is 0.242 e. The van der Waals surface area contributed by atoms with E-state index in [1.165, 1.54) is 30.5 Å². The molecule has 0 radical (unpaired) electrons. The van der Waals surface area contributed by atoms with Crippen molar-refractivity contribution >= 4 is 21.6 Å². The van der Waals surface area contributed by atoms with Gasteiger partial charge in [0.1, 0.15) is 5.38 Å². The summed E-state index contributed by atoms with van der Waals surface area (Å²) in [5.41, 5.74) is 0.749. The highest BCUT2D eigenvalue weighted by Crippen LogP contribution is 2.26. The average Bonchev–Trinajstić information content (AvgIpc) is 2.88. The summed E-state index contributed by atoms with van der Waals surface area (Å²) in [6, 6.07) is 6.44. The number of oxazole rings is 1. The van der Waals surface area contributed by atoms with Gasteiger partial charge in [0.2, 0.25) is 15.9 Å². The molecule has 2 rings (SSSR count). The number of aromatic nitrogens is 1. The Bertz CT molecular complexity index is 691. The van der Waals surface area contributed by atoms with Crippen molar-refractivity contribution in [1.29, 1.82) is 0 Å². The Hall–Kier alpha value is -1.37. The topological polar surface area (TPSA) is 63.4 Å². The maximum atomic E-state index is 11.9. The Labute approximate surface area is 123 Å². The molecule has 0 aliphatic heterocycles. The van der Waals surface area contributed by atoms with Gasteiger partial charge in [-0.1, -0.05) is 0 Å². The highest BCUT2D eigenvalue weighted by atomic mass is 35.5. The second-order valence-electron chi connectivity index (χ2n) is 4.49. The van der Waals surface area contributed by atoms with Crippen molar-refractivity contribution in [2.24, 2.45) is 0 Å². The Kier molecular flexibility index (Phi) is 4.17. The molecule has 0 N–H and O–H groups in total. The molecule has 0 saturated heterocycles. The van der Waals surface area contributed by atoms with Crippen molar-refractivity contribution in [3.05, 3.63) is 36.4 Å². The van der Waals surface area contributed by atoms with E-state index in [0.29, 0.717) is 11.7 Å². The summed E-state index contributed by atoms with van der Waals surface area (Å²) in [5.74, 6) is 0.993. The maximum Gasteiger partial charge on any atom is 0.242 e. The maximum absolute atomic E-state index is 11.9. The first kappa shape index (κ1) is 15.0. The molecule has 0 bridgehead atoms. The van der Waals surface area contributed by atoms with Crippen LogP contribution in [0.2, 0.25) is 0 Å². The van der Waals surface area contributed by atoms with Gasteiger partial charge < -0.3 is 4.42 Å². The van der Waals surface area contributed by atoms with Gasteiger partial charge >= 0.3 is 0 Å². The summed E-state index contributed by atoms with van der Waals surface area (Å²) in [6.45, 7) is 1.77. The predicted octanol–water partition coefficient (Wildman–Crippen LogP) is 2.89. The van der Waals surface area contributed by atoms with Crippen molar-refractivity contribution in [2.45, 2.75) is 17.2 Å². The van der Waals surface area contributed by atoms with Crippen LogP contribution in [0.15, 0.2) is 39.8 Å². The largest absolute Gasteiger partial charge is 0.439 e. The number of rotatable bonds is 4. The van der Waals surface area contributed by atoms with E-state index in [-0.39, 0.29) is 10.3 Å². The summed E-state index contributed by atoms with van der Waals surface area (Å²) in [6.07, 6.45) is 1.57. The SMILES string of the molecule is CC(Cl)c1ncc(-c2ccc(S(=O)(=O)N(C)C)cc2)o1. The molecule has 0 aliphatic rings. The van der Waals surface area contributed by atoms with Gasteiger partial charge in [-0.2, -0.15) is 0 Å². The first-order valence-electron chi connectivity index (χ1n) is 5.95. The van der Waals surface area contributed by atoms with Crippen molar-refractivity contribution < 1.29 is 12.8 Å². The lowest BCUT2D eigenvalue weighted by atomic mass is 10.2. The molecule has 0 amide bonds. The van der Waals surface area contributed by atoms with E-state index in [0.717, 1.165) is 5.56 Å². The molecular weight excluding hydrogens is 300 g/mol. The Morgan fingerprint density at radius 1 is 1.25 bits per heavy atom. The summed E-state index contributed by atoms with van der Waals surface area (Å²) < 4.78 is 30.6. The van der Waals surface area contributed by atoms with E-state index in [2.05, 4.69) is 4.98 Å². The first-order chi connectivity index (χ1) is 9.32. The van der Waals surface area contributed by atoms with E-state index in [9.17, 15) is 8.42 Å². The third-order valence-corrected chi connectivity index (χ3v) is 4.80. The first-order valence-corrected chi connectivity index (χ1v) is 7.83. The lowest BCUT2D eigenvalue weighted by Crippen LogP contribution is -2.22. The average molecular weight is 315 g/mol. The molecule has 0 fully saturated rings. The summed E-state index contributed by atoms with van der Waals surface area (Å²) in [4.78, 5) is 4.30. The molecule has 1 heterocycles. The zero-order chi connectivity index (χ0) is 14.9. The summed E-state index contributed by atoms with van der Waals surface area (Å²) >= 11 is 5.88. The van der Waals surface area contributed by atoms with E-state index in [4.69, 9.17) is 16.0 Å². The van der Waals surface area contributed by atoms with E-state index < -0.39 is 10.0 Å². The highest BCUT2D eigenvalue weighted by molar-refractivity contribution is 7.89. The van der Waals surface area contributed by atoms with E-state index in [1.807, 2.05) is 0 Å². The van der Waals surface area contributed by atoms with Crippen molar-refractivity contribution in [1.82, 2.24) is 9.29 Å². The van der Waals surface area contributed by atoms with Crippen LogP contribution in [0.1, 0.15) is 18.2 Å². The molecule has 1 unspecified atom stereocenters. The van der Waals surface area contributed by atoms with Gasteiger partial charge in [0, 0.05) is 19.7 Å². The van der Waals surface area contributed by atoms with Gasteiger partial charge in [0.25, 0.3) is 0 Å². The predicted molar refractivity (Wildman–Crippen MR) is 77.1 cm³/mol. The Morgan fingerprint density at radius 2 is 1.85 bits per heavy atom. The lowest BCUT2D eigenvalue weighted by molar-refractivity contribution is 0.507. The fourth-order valence-electron chi connectivity index (χ4n) is 1.61. The number of hydrogen-bond donors (Lipinski definition) is 0. The molecule has 20 heavy (non-hydrogen) atoms. The van der Waals surface area contributed by atoms with Gasteiger partial charge in [-0.05, 0) is 31.2 Å². The van der Waals surface area contributed by atoms with Gasteiger partial charge in [-0.25, -0.2) is 17.7 Å². The van der Waals surface area contributed by atoms with Crippen molar-refractivity contribution in [3.63, 3.8) is 0 Å². The minimum Gasteiger partial charge on any atom is -0.439 e. The normalized spacial score (nSPS) is 13.7. The molecule has 5 nitrogen and oxygen atoms in total. The van der Waals surface area contributed by atoms with Crippen LogP contribution in [0.3, 0.4) is 0 Å². The zero-order valence-electron chi connectivity index (χ0n) is 11.4. The number of hydrogen-bond acceptors (Lipinski definition) is 4. The molecule has 1 aromatic heterocycles. The number of benzene rings is 1. The standard InChI is InChI=1S/C13H15ClN2O3S/c1-9(14)13-15-8-12(19-13)10-4-6-11(7-5-10)20(17,18)16(2)3/h4-9H,1-3H3. The fourth-order valence-corrected chi connectivity index (χ4v) is 2.61. The zero-order valence-corrected chi connectivity index (χ0v) is 12.9. The van der Waals surface area contributed by atoms with Gasteiger partial charge in [-0.3, -0.25) is 0 Å². The third kappa shape index (κ3) is 2.87. The summed E-state index contributed by atoms with van der Waals surface area (Å²) in [5, 5.41) is -0.308. The van der Waals surface area contributed by atoms with Crippen LogP contribution in [-0.2, 0) is 10.0 Å². The molecular formula is C13H15ClN2O3S. The van der Waals surface area contributed by atoms with Gasteiger partial charge in [0.15, 0.2) is 5.76 Å². The van der Waals surface area contributed by atoms with Gasteiger partial charge in [-0.15, -0.1) is 11.6 Å². The fraction of sp³-hybridized carbons (Fsp3) is 0.308. The van der Waals surface area contributed by atoms with Crippen LogP contribution in [0.4, 0.5) is 0 Å². The lowest BCUT2D eigenvalue weighted by Gasteiger charge is -2.11. The molecule has 1 atom stereocenters. The quantitative estimate of drug-likeness (QED) is 0.814. The van der Waals surface area contributed by atoms with E-state index in [1.54, 1.807) is 25.3 Å². The number of halogens is 1. The molecule has 108 valence electrons. The van der Waals surface area contributed by atoms with Crippen molar-refractivity contribution in [2.75, 3.05) is 14.1 Å². The van der Waals surface area contributed by atoms with Gasteiger partial charge in [0.05, 0.1) is 11.1 Å². The van der Waals surface area contributed by atoms with Crippen LogP contribution in [0.25, 0.3) is 11.3 Å². The van der Waals surface area contributed by atoms with Crippen molar-refractivity contribution in [3.8, 4) is 11.3 Å². The minimum atomic E-state index is -3.42. The molecule has 7 heteroatoms. The molecule has 0 spiro atoms. The molecule has 2 aromatic rings. The second-order valence-corrected chi connectivity index (χ2v) is 7.30. The second kappa shape index (κ2) is 5.55. The monoisotopic (exact) mass is 314 g/mol. The van der Waals surface area contributed by atoms with Crippen LogP contribution in [0, 0.1) is 0 Å². The summed E-state index contributed by atoms with van der Waals surface area (Å²) in [7, 11) is -0.430. The number of nitrogens with zero attached hydrogens (tertiary/aromatic N) is 2.